The standard InChI is InChI=1S/C15H23F2N/c1-5-11(10-18-15(2,3)4)9-12-13(16)7-6-8-14(12)17/h6-8,11,18H,5,9-10H2,1-4H3. The van der Waals surface area contributed by atoms with Crippen LogP contribution in [0.15, 0.2) is 18.2 Å². The Morgan fingerprint density at radius 3 is 2.17 bits per heavy atom. The van der Waals surface area contributed by atoms with Crippen molar-refractivity contribution in [3.05, 3.63) is 35.4 Å². The quantitative estimate of drug-likeness (QED) is 0.841. The van der Waals surface area contributed by atoms with Crippen LogP contribution in [0.25, 0.3) is 0 Å². The lowest BCUT2D eigenvalue weighted by Crippen LogP contribution is -2.39. The molecule has 1 nitrogen and oxygen atoms in total. The van der Waals surface area contributed by atoms with Crippen LogP contribution in [0.5, 0.6) is 0 Å². The Kier molecular flexibility index (Phi) is 5.27. The maximum absolute atomic E-state index is 13.6. The molecule has 0 aliphatic carbocycles. The van der Waals surface area contributed by atoms with Crippen LogP contribution in [-0.2, 0) is 6.42 Å². The molecule has 1 unspecified atom stereocenters. The molecular formula is C15H23F2N. The van der Waals surface area contributed by atoms with Crippen molar-refractivity contribution in [1.29, 1.82) is 0 Å². The minimum Gasteiger partial charge on any atom is -0.312 e. The maximum atomic E-state index is 13.6. The molecule has 1 atom stereocenters. The molecule has 0 radical (unpaired) electrons. The third kappa shape index (κ3) is 4.73. The molecule has 0 aliphatic heterocycles. The SMILES string of the molecule is CCC(CNC(C)(C)C)Cc1c(F)cccc1F. The van der Waals surface area contributed by atoms with E-state index in [1.54, 1.807) is 0 Å². The predicted octanol–water partition coefficient (Wildman–Crippen LogP) is 3.92. The Bertz CT molecular complexity index is 362. The molecule has 0 fully saturated rings. The Balaban J connectivity index is 2.68. The van der Waals surface area contributed by atoms with Gasteiger partial charge in [0.25, 0.3) is 0 Å². The summed E-state index contributed by atoms with van der Waals surface area (Å²) in [7, 11) is 0. The van der Waals surface area contributed by atoms with Crippen LogP contribution in [0.2, 0.25) is 0 Å². The van der Waals surface area contributed by atoms with Crippen molar-refractivity contribution in [3.8, 4) is 0 Å². The second-order valence-corrected chi connectivity index (χ2v) is 5.81. The highest BCUT2D eigenvalue weighted by molar-refractivity contribution is 5.20. The minimum atomic E-state index is -0.441. The number of halogens is 2. The van der Waals surface area contributed by atoms with Gasteiger partial charge in [-0.1, -0.05) is 19.4 Å². The summed E-state index contributed by atoms with van der Waals surface area (Å²) in [5.74, 6) is -0.635. The van der Waals surface area contributed by atoms with Gasteiger partial charge in [-0.25, -0.2) is 8.78 Å². The van der Waals surface area contributed by atoms with E-state index in [4.69, 9.17) is 0 Å². The number of benzene rings is 1. The van der Waals surface area contributed by atoms with Crippen molar-refractivity contribution in [2.24, 2.45) is 5.92 Å². The molecule has 1 aromatic rings. The van der Waals surface area contributed by atoms with E-state index in [0.29, 0.717) is 6.42 Å². The van der Waals surface area contributed by atoms with E-state index in [1.807, 2.05) is 6.92 Å². The second kappa shape index (κ2) is 6.28. The normalized spacial score (nSPS) is 13.7. The van der Waals surface area contributed by atoms with Crippen LogP contribution in [0.4, 0.5) is 8.78 Å². The van der Waals surface area contributed by atoms with Gasteiger partial charge in [0, 0.05) is 11.1 Å². The summed E-state index contributed by atoms with van der Waals surface area (Å²) in [5.41, 5.74) is 0.237. The molecule has 0 spiro atoms. The molecule has 1 aromatic carbocycles. The molecule has 1 rings (SSSR count). The molecule has 0 amide bonds. The van der Waals surface area contributed by atoms with E-state index in [0.717, 1.165) is 13.0 Å². The van der Waals surface area contributed by atoms with Gasteiger partial charge in [-0.2, -0.15) is 0 Å². The molecule has 0 saturated heterocycles. The average molecular weight is 255 g/mol. The van der Waals surface area contributed by atoms with Gasteiger partial charge in [0.05, 0.1) is 0 Å². The zero-order chi connectivity index (χ0) is 13.8. The van der Waals surface area contributed by atoms with Crippen LogP contribution >= 0.6 is 0 Å². The van der Waals surface area contributed by atoms with E-state index < -0.39 is 11.6 Å². The molecule has 3 heteroatoms. The van der Waals surface area contributed by atoms with Crippen molar-refractivity contribution in [2.75, 3.05) is 6.54 Å². The Hall–Kier alpha value is -0.960. The van der Waals surface area contributed by atoms with Gasteiger partial charge in [-0.3, -0.25) is 0 Å². The van der Waals surface area contributed by atoms with E-state index in [2.05, 4.69) is 26.1 Å². The van der Waals surface area contributed by atoms with E-state index in [-0.39, 0.29) is 17.0 Å². The molecule has 0 bridgehead atoms. The monoisotopic (exact) mass is 255 g/mol. The van der Waals surface area contributed by atoms with Crippen molar-refractivity contribution < 1.29 is 8.78 Å². The summed E-state index contributed by atoms with van der Waals surface area (Å²) in [6, 6.07) is 4.05. The van der Waals surface area contributed by atoms with Gasteiger partial charge in [0.2, 0.25) is 0 Å². The topological polar surface area (TPSA) is 12.0 Å². The molecule has 0 saturated carbocycles. The zero-order valence-electron chi connectivity index (χ0n) is 11.7. The lowest BCUT2D eigenvalue weighted by Gasteiger charge is -2.25. The fourth-order valence-electron chi connectivity index (χ4n) is 1.83. The van der Waals surface area contributed by atoms with Crippen molar-refractivity contribution in [1.82, 2.24) is 5.32 Å². The first-order valence-electron chi connectivity index (χ1n) is 6.51. The average Bonchev–Trinajstić information content (AvgIpc) is 2.26. The van der Waals surface area contributed by atoms with Crippen LogP contribution in [0.3, 0.4) is 0 Å². The van der Waals surface area contributed by atoms with Crippen molar-refractivity contribution >= 4 is 0 Å². The van der Waals surface area contributed by atoms with Gasteiger partial charge < -0.3 is 5.32 Å². The largest absolute Gasteiger partial charge is 0.312 e. The van der Waals surface area contributed by atoms with Crippen LogP contribution in [0, 0.1) is 17.6 Å². The van der Waals surface area contributed by atoms with E-state index in [1.165, 1.54) is 18.2 Å². The number of hydrogen-bond donors (Lipinski definition) is 1. The minimum absolute atomic E-state index is 0.0290. The fraction of sp³-hybridized carbons (Fsp3) is 0.600. The van der Waals surface area contributed by atoms with Gasteiger partial charge in [-0.05, 0) is 51.8 Å². The van der Waals surface area contributed by atoms with Gasteiger partial charge in [0.1, 0.15) is 11.6 Å². The summed E-state index contributed by atoms with van der Waals surface area (Å²) in [6.45, 7) is 9.08. The third-order valence-corrected chi connectivity index (χ3v) is 3.05. The molecule has 0 heterocycles. The van der Waals surface area contributed by atoms with Crippen LogP contribution in [0.1, 0.15) is 39.7 Å². The first-order chi connectivity index (χ1) is 8.33. The number of rotatable bonds is 5. The Morgan fingerprint density at radius 1 is 1.17 bits per heavy atom. The molecule has 102 valence electrons. The molecule has 1 N–H and O–H groups in total. The molecular weight excluding hydrogens is 232 g/mol. The van der Waals surface area contributed by atoms with E-state index in [9.17, 15) is 8.78 Å². The summed E-state index contributed by atoms with van der Waals surface area (Å²) in [5, 5.41) is 3.39. The zero-order valence-corrected chi connectivity index (χ0v) is 11.7. The summed E-state index contributed by atoms with van der Waals surface area (Å²) >= 11 is 0. The first kappa shape index (κ1) is 15.1. The highest BCUT2D eigenvalue weighted by Crippen LogP contribution is 2.18. The third-order valence-electron chi connectivity index (χ3n) is 3.05. The second-order valence-electron chi connectivity index (χ2n) is 5.81. The van der Waals surface area contributed by atoms with Crippen LogP contribution in [-0.4, -0.2) is 12.1 Å². The Morgan fingerprint density at radius 2 is 1.72 bits per heavy atom. The van der Waals surface area contributed by atoms with Crippen molar-refractivity contribution in [2.45, 2.75) is 46.1 Å². The highest BCUT2D eigenvalue weighted by atomic mass is 19.1. The highest BCUT2D eigenvalue weighted by Gasteiger charge is 2.17. The lowest BCUT2D eigenvalue weighted by atomic mass is 9.95. The van der Waals surface area contributed by atoms with E-state index >= 15 is 0 Å². The summed E-state index contributed by atoms with van der Waals surface area (Å²) in [6.07, 6.45) is 1.34. The fourth-order valence-corrected chi connectivity index (χ4v) is 1.83. The van der Waals surface area contributed by atoms with Gasteiger partial charge in [-0.15, -0.1) is 0 Å². The summed E-state index contributed by atoms with van der Waals surface area (Å²) < 4.78 is 27.1. The first-order valence-corrected chi connectivity index (χ1v) is 6.51. The van der Waals surface area contributed by atoms with Crippen LogP contribution < -0.4 is 5.32 Å². The Labute approximate surface area is 109 Å². The molecule has 0 aliphatic rings. The van der Waals surface area contributed by atoms with Crippen molar-refractivity contribution in [3.63, 3.8) is 0 Å². The number of nitrogens with one attached hydrogen (secondary N) is 1. The molecule has 0 aromatic heterocycles. The smallest absolute Gasteiger partial charge is 0.129 e. The van der Waals surface area contributed by atoms with Gasteiger partial charge >= 0.3 is 0 Å². The predicted molar refractivity (Wildman–Crippen MR) is 71.6 cm³/mol. The lowest BCUT2D eigenvalue weighted by molar-refractivity contribution is 0.358. The summed E-state index contributed by atoms with van der Waals surface area (Å²) in [4.78, 5) is 0. The number of hydrogen-bond acceptors (Lipinski definition) is 1. The molecule has 18 heavy (non-hydrogen) atoms. The maximum Gasteiger partial charge on any atom is 0.129 e. The van der Waals surface area contributed by atoms with Gasteiger partial charge in [0.15, 0.2) is 0 Å².